The lowest BCUT2D eigenvalue weighted by Gasteiger charge is -2.17. The zero-order valence-electron chi connectivity index (χ0n) is 17.0. The molecule has 154 valence electrons. The van der Waals surface area contributed by atoms with Crippen molar-refractivity contribution in [1.82, 2.24) is 15.0 Å². The van der Waals surface area contributed by atoms with Gasteiger partial charge in [0.1, 0.15) is 18.7 Å². The number of nitrogens with zero attached hydrogens (tertiary/aromatic N) is 4. The number of benzene rings is 2. The number of hydrogen-bond donors (Lipinski definition) is 1. The lowest BCUT2D eigenvalue weighted by atomic mass is 10.1. The number of ether oxygens (including phenoxy) is 2. The van der Waals surface area contributed by atoms with Crippen LogP contribution < -0.4 is 9.47 Å². The molecule has 0 fully saturated rings. The van der Waals surface area contributed by atoms with E-state index in [1.807, 2.05) is 59.8 Å². The van der Waals surface area contributed by atoms with E-state index >= 15 is 0 Å². The van der Waals surface area contributed by atoms with E-state index in [2.05, 4.69) is 32.2 Å². The molecule has 4 aromatic rings. The Morgan fingerprint density at radius 3 is 2.90 bits per heavy atom. The van der Waals surface area contributed by atoms with E-state index in [9.17, 15) is 0 Å². The molecule has 1 N–H and O–H groups in total. The molecule has 5 rings (SSSR count). The topological polar surface area (TPSA) is 75.1 Å². The molecule has 2 aromatic heterocycles. The first kappa shape index (κ1) is 18.9. The van der Waals surface area contributed by atoms with Gasteiger partial charge in [-0.1, -0.05) is 24.3 Å². The van der Waals surface area contributed by atoms with Crippen LogP contribution in [0, 0.1) is 0 Å². The monoisotopic (exact) mass is 411 g/mol. The van der Waals surface area contributed by atoms with Crippen molar-refractivity contribution in [3.05, 3.63) is 83.7 Å². The molecule has 7 nitrogen and oxygen atoms in total. The Morgan fingerprint density at radius 1 is 1.13 bits per heavy atom. The highest BCUT2D eigenvalue weighted by Gasteiger charge is 2.16. The van der Waals surface area contributed by atoms with Gasteiger partial charge in [-0.15, -0.1) is 0 Å². The first-order valence-electron chi connectivity index (χ1n) is 9.95. The van der Waals surface area contributed by atoms with Gasteiger partial charge in [-0.3, -0.25) is 0 Å². The second kappa shape index (κ2) is 8.31. The van der Waals surface area contributed by atoms with Gasteiger partial charge in [0.2, 0.25) is 5.88 Å². The summed E-state index contributed by atoms with van der Waals surface area (Å²) in [6.45, 7) is 0.987. The van der Waals surface area contributed by atoms with Crippen molar-refractivity contribution in [2.24, 2.45) is 10.1 Å². The normalized spacial score (nSPS) is 13.0. The number of para-hydroxylation sites is 1. The van der Waals surface area contributed by atoms with Gasteiger partial charge in [-0.2, -0.15) is 5.10 Å². The summed E-state index contributed by atoms with van der Waals surface area (Å²) in [5, 5.41) is 7.52. The Hall–Kier alpha value is -4.13. The van der Waals surface area contributed by atoms with E-state index in [1.54, 1.807) is 19.6 Å². The van der Waals surface area contributed by atoms with Crippen LogP contribution in [0.2, 0.25) is 0 Å². The molecule has 0 atom stereocenters. The summed E-state index contributed by atoms with van der Waals surface area (Å²) in [6, 6.07) is 19.6. The molecule has 0 saturated carbocycles. The Morgan fingerprint density at radius 2 is 2.03 bits per heavy atom. The van der Waals surface area contributed by atoms with Gasteiger partial charge in [0.05, 0.1) is 31.3 Å². The minimum atomic E-state index is 0.353. The molecular weight excluding hydrogens is 390 g/mol. The third-order valence-electron chi connectivity index (χ3n) is 5.07. The number of aliphatic imine (C=N–C) groups is 1. The van der Waals surface area contributed by atoms with E-state index in [4.69, 9.17) is 9.47 Å². The van der Waals surface area contributed by atoms with E-state index in [0.717, 1.165) is 39.2 Å². The average molecular weight is 411 g/mol. The highest BCUT2D eigenvalue weighted by Crippen LogP contribution is 2.33. The number of rotatable bonds is 6. The molecule has 1 aliphatic rings. The molecule has 3 heterocycles. The van der Waals surface area contributed by atoms with Gasteiger partial charge < -0.3 is 14.5 Å². The Kier molecular flexibility index (Phi) is 5.06. The third kappa shape index (κ3) is 3.98. The van der Waals surface area contributed by atoms with Crippen molar-refractivity contribution in [3.63, 3.8) is 0 Å². The maximum atomic E-state index is 5.78. The van der Waals surface area contributed by atoms with Gasteiger partial charge in [0, 0.05) is 28.7 Å². The van der Waals surface area contributed by atoms with Crippen molar-refractivity contribution in [2.45, 2.75) is 13.2 Å². The zero-order valence-corrected chi connectivity index (χ0v) is 17.0. The molecule has 0 bridgehead atoms. The second-order valence-electron chi connectivity index (χ2n) is 7.11. The largest absolute Gasteiger partial charge is 0.496 e. The summed E-state index contributed by atoms with van der Waals surface area (Å²) in [7, 11) is 1.65. The van der Waals surface area contributed by atoms with Crippen LogP contribution in [0.4, 0.5) is 5.69 Å². The highest BCUT2D eigenvalue weighted by atomic mass is 16.5. The number of aromatic nitrogens is 2. The molecule has 0 aliphatic carbocycles. The molecule has 0 saturated heterocycles. The molecule has 7 heteroatoms. The maximum absolute atomic E-state index is 5.78. The predicted molar refractivity (Wildman–Crippen MR) is 121 cm³/mol. The number of fused-ring (bicyclic) bond motifs is 3. The van der Waals surface area contributed by atoms with Gasteiger partial charge in [0.25, 0.3) is 0 Å². The Labute approximate surface area is 179 Å². The fourth-order valence-corrected chi connectivity index (χ4v) is 3.56. The summed E-state index contributed by atoms with van der Waals surface area (Å²) in [5.74, 6) is 1.33. The minimum Gasteiger partial charge on any atom is -0.496 e. The second-order valence-corrected chi connectivity index (χ2v) is 7.11. The van der Waals surface area contributed by atoms with E-state index < -0.39 is 0 Å². The highest BCUT2D eigenvalue weighted by molar-refractivity contribution is 5.95. The number of hydrogen-bond acceptors (Lipinski definition) is 6. The van der Waals surface area contributed by atoms with E-state index in [1.165, 1.54) is 0 Å². The summed E-state index contributed by atoms with van der Waals surface area (Å²) in [6.07, 6.45) is 5.27. The third-order valence-corrected chi connectivity index (χ3v) is 5.07. The predicted octanol–water partition coefficient (Wildman–Crippen LogP) is 4.66. The van der Waals surface area contributed by atoms with Crippen LogP contribution in [-0.4, -0.2) is 34.6 Å². The van der Waals surface area contributed by atoms with Gasteiger partial charge in [-0.05, 0) is 35.9 Å². The fourth-order valence-electron chi connectivity index (χ4n) is 3.56. The van der Waals surface area contributed by atoms with Crippen LogP contribution in [0.3, 0.4) is 0 Å². The lowest BCUT2D eigenvalue weighted by molar-refractivity contribution is 0.285. The maximum Gasteiger partial charge on any atom is 0.213 e. The molecule has 0 radical (unpaired) electrons. The molecule has 0 amide bonds. The summed E-state index contributed by atoms with van der Waals surface area (Å²) in [4.78, 5) is 12.2. The molecule has 2 aromatic carbocycles. The van der Waals surface area contributed by atoms with E-state index in [0.29, 0.717) is 19.0 Å². The van der Waals surface area contributed by atoms with Crippen molar-refractivity contribution < 1.29 is 9.47 Å². The number of hydrazone groups is 1. The lowest BCUT2D eigenvalue weighted by Crippen LogP contribution is -2.18. The van der Waals surface area contributed by atoms with Crippen LogP contribution in [0.15, 0.2) is 77.0 Å². The van der Waals surface area contributed by atoms with Crippen molar-refractivity contribution in [2.75, 3.05) is 7.11 Å². The van der Waals surface area contributed by atoms with Gasteiger partial charge >= 0.3 is 0 Å². The number of pyridine rings is 1. The number of aromatic amines is 1. The molecule has 31 heavy (non-hydrogen) atoms. The number of methoxy groups -OCH3 is 1. The Bertz CT molecular complexity index is 1260. The van der Waals surface area contributed by atoms with Crippen LogP contribution in [0.25, 0.3) is 10.9 Å². The zero-order chi connectivity index (χ0) is 21.0. The fraction of sp³-hybridized carbons (Fsp3) is 0.125. The molecule has 0 spiro atoms. The van der Waals surface area contributed by atoms with Gasteiger partial charge in [-0.25, -0.2) is 15.0 Å². The van der Waals surface area contributed by atoms with E-state index in [-0.39, 0.29) is 0 Å². The number of nitrogens with one attached hydrogen (secondary N) is 1. The average Bonchev–Trinajstić information content (AvgIpc) is 3.20. The van der Waals surface area contributed by atoms with Crippen molar-refractivity contribution in [3.8, 4) is 11.6 Å². The van der Waals surface area contributed by atoms with Crippen LogP contribution >= 0.6 is 0 Å². The minimum absolute atomic E-state index is 0.353. The smallest absolute Gasteiger partial charge is 0.213 e. The van der Waals surface area contributed by atoms with Crippen LogP contribution in [0.5, 0.6) is 11.6 Å². The summed E-state index contributed by atoms with van der Waals surface area (Å²) >= 11 is 0. The van der Waals surface area contributed by atoms with Gasteiger partial charge in [0.15, 0.2) is 0 Å². The van der Waals surface area contributed by atoms with Crippen molar-refractivity contribution in [1.29, 1.82) is 0 Å². The molecular formula is C24H21N5O2. The summed E-state index contributed by atoms with van der Waals surface area (Å²) < 4.78 is 11.3. The molecule has 1 aliphatic heterocycles. The first-order chi connectivity index (χ1) is 15.3. The summed E-state index contributed by atoms with van der Waals surface area (Å²) in [5.41, 5.74) is 4.99. The standard InChI is InChI=1S/C24H21N5O2/c1-30-22-10-9-17(12-18(22)15-31-23-8-4-5-11-25-23)13-27-29-14-21-24(26-16-29)19-6-2-3-7-20(19)28-21/h2-13,16,28H,14-15H2,1H3. The molecule has 0 unspecified atom stereocenters. The Balaban J connectivity index is 1.31. The van der Waals surface area contributed by atoms with Crippen molar-refractivity contribution >= 4 is 29.1 Å². The SMILES string of the molecule is COc1ccc(C=NN2C=Nc3c([nH]c4ccccc34)C2)cc1COc1ccccn1. The van der Waals surface area contributed by atoms with Crippen LogP contribution in [-0.2, 0) is 13.2 Å². The first-order valence-corrected chi connectivity index (χ1v) is 9.95. The van der Waals surface area contributed by atoms with Crippen LogP contribution in [0.1, 0.15) is 16.8 Å². The number of H-pyrrole nitrogens is 1. The quantitative estimate of drug-likeness (QED) is 0.468.